The lowest BCUT2D eigenvalue weighted by Crippen LogP contribution is -2.47. The maximum Gasteiger partial charge on any atom is 0.408 e. The molecule has 3 N–H and O–H groups in total. The topological polar surface area (TPSA) is 123 Å². The molecule has 0 bridgehead atoms. The lowest BCUT2D eigenvalue weighted by molar-refractivity contribution is -0.123. The van der Waals surface area contributed by atoms with Gasteiger partial charge >= 0.3 is 6.09 Å². The zero-order valence-corrected chi connectivity index (χ0v) is 21.5. The fourth-order valence-electron chi connectivity index (χ4n) is 4.02. The number of aromatic nitrogens is 3. The Morgan fingerprint density at radius 1 is 1.13 bits per heavy atom. The normalized spacial score (nSPS) is 11.8. The van der Waals surface area contributed by atoms with Crippen LogP contribution in [0, 0.1) is 13.8 Å². The van der Waals surface area contributed by atoms with Gasteiger partial charge in [0.1, 0.15) is 18.4 Å². The number of rotatable bonds is 10. The molecule has 0 aliphatic heterocycles. The lowest BCUT2D eigenvalue weighted by atomic mass is 10.1. The number of aromatic amines is 1. The number of ether oxygens (including phenoxy) is 2. The van der Waals surface area contributed by atoms with Crippen molar-refractivity contribution in [3.63, 3.8) is 0 Å². The average Bonchev–Trinajstić information content (AvgIpc) is 3.54. The molecule has 4 aromatic rings. The SMILES string of the molecule is COc1ccc(-n2c(C)cc(/C=N\NC(=O)[C@H](Cc3cnc[nH]3)NC(=O)OCc3ccccc3)c2C)cc1. The number of nitrogens with zero attached hydrogens (tertiary/aromatic N) is 3. The molecule has 0 aliphatic carbocycles. The van der Waals surface area contributed by atoms with Gasteiger partial charge in [0.2, 0.25) is 0 Å². The van der Waals surface area contributed by atoms with Crippen molar-refractivity contribution in [2.45, 2.75) is 32.9 Å². The quantitative estimate of drug-likeness (QED) is 0.219. The first-order valence-electron chi connectivity index (χ1n) is 12.1. The Morgan fingerprint density at radius 2 is 1.89 bits per heavy atom. The average molecular weight is 515 g/mol. The van der Waals surface area contributed by atoms with Crippen molar-refractivity contribution in [1.82, 2.24) is 25.3 Å². The summed E-state index contributed by atoms with van der Waals surface area (Å²) in [6.45, 7) is 4.07. The van der Waals surface area contributed by atoms with Crippen LogP contribution in [0.15, 0.2) is 78.3 Å². The minimum absolute atomic E-state index is 0.0903. The highest BCUT2D eigenvalue weighted by Gasteiger charge is 2.22. The zero-order chi connectivity index (χ0) is 26.9. The van der Waals surface area contributed by atoms with Crippen molar-refractivity contribution in [2.24, 2.45) is 5.10 Å². The summed E-state index contributed by atoms with van der Waals surface area (Å²) in [6.07, 6.45) is 4.17. The van der Waals surface area contributed by atoms with E-state index in [4.69, 9.17) is 9.47 Å². The molecule has 10 nitrogen and oxygen atoms in total. The Labute approximate surface area is 220 Å². The van der Waals surface area contributed by atoms with Gasteiger partial charge in [-0.15, -0.1) is 0 Å². The monoisotopic (exact) mass is 514 g/mol. The number of hydrazone groups is 1. The summed E-state index contributed by atoms with van der Waals surface area (Å²) in [5.41, 5.74) is 7.87. The number of carbonyl (C=O) groups is 2. The first-order valence-corrected chi connectivity index (χ1v) is 12.1. The van der Waals surface area contributed by atoms with Crippen LogP contribution in [-0.4, -0.2) is 45.9 Å². The summed E-state index contributed by atoms with van der Waals surface area (Å²) in [7, 11) is 1.63. The number of hydrogen-bond acceptors (Lipinski definition) is 6. The molecule has 0 saturated carbocycles. The number of carbonyl (C=O) groups excluding carboxylic acids is 2. The molecule has 2 aromatic heterocycles. The van der Waals surface area contributed by atoms with Crippen LogP contribution in [0.4, 0.5) is 4.79 Å². The Balaban J connectivity index is 1.41. The first-order chi connectivity index (χ1) is 18.4. The van der Waals surface area contributed by atoms with E-state index >= 15 is 0 Å². The highest BCUT2D eigenvalue weighted by molar-refractivity contribution is 5.88. The fourth-order valence-corrected chi connectivity index (χ4v) is 4.02. The third-order valence-electron chi connectivity index (χ3n) is 5.98. The second-order valence-corrected chi connectivity index (χ2v) is 8.63. The Bertz CT molecular complexity index is 1380. The molecule has 4 rings (SSSR count). The van der Waals surface area contributed by atoms with Crippen molar-refractivity contribution >= 4 is 18.2 Å². The van der Waals surface area contributed by atoms with Crippen molar-refractivity contribution in [3.8, 4) is 11.4 Å². The van der Waals surface area contributed by atoms with Crippen LogP contribution < -0.4 is 15.5 Å². The summed E-state index contributed by atoms with van der Waals surface area (Å²) in [5.74, 6) is 0.291. The Kier molecular flexibility index (Phi) is 8.55. The molecular weight excluding hydrogens is 484 g/mol. The third kappa shape index (κ3) is 6.67. The van der Waals surface area contributed by atoms with Crippen LogP contribution in [0.25, 0.3) is 5.69 Å². The van der Waals surface area contributed by atoms with Gasteiger partial charge in [-0.25, -0.2) is 15.2 Å². The molecule has 1 atom stereocenters. The molecule has 0 fully saturated rings. The fraction of sp³-hybridized carbons (Fsp3) is 0.214. The molecule has 196 valence electrons. The number of alkyl carbamates (subject to hydrolysis) is 1. The molecule has 38 heavy (non-hydrogen) atoms. The van der Waals surface area contributed by atoms with Crippen LogP contribution in [0.2, 0.25) is 0 Å². The van der Waals surface area contributed by atoms with Crippen molar-refractivity contribution < 1.29 is 19.1 Å². The summed E-state index contributed by atoms with van der Waals surface area (Å²) in [6, 6.07) is 18.1. The number of aryl methyl sites for hydroxylation is 1. The van der Waals surface area contributed by atoms with E-state index < -0.39 is 18.0 Å². The number of benzene rings is 2. The highest BCUT2D eigenvalue weighted by Crippen LogP contribution is 2.22. The number of imidazole rings is 1. The molecule has 2 aromatic carbocycles. The van der Waals surface area contributed by atoms with Crippen LogP contribution >= 0.6 is 0 Å². The predicted octanol–water partition coefficient (Wildman–Crippen LogP) is 3.81. The largest absolute Gasteiger partial charge is 0.497 e. The first kappa shape index (κ1) is 26.2. The summed E-state index contributed by atoms with van der Waals surface area (Å²) in [4.78, 5) is 32.3. The smallest absolute Gasteiger partial charge is 0.408 e. The van der Waals surface area contributed by atoms with Crippen LogP contribution in [0.1, 0.15) is 28.2 Å². The van der Waals surface area contributed by atoms with Crippen LogP contribution in [-0.2, 0) is 22.6 Å². The molecule has 0 unspecified atom stereocenters. The lowest BCUT2D eigenvalue weighted by Gasteiger charge is -2.16. The molecule has 0 aliphatic rings. The van der Waals surface area contributed by atoms with Crippen molar-refractivity contribution in [3.05, 3.63) is 101 Å². The van der Waals surface area contributed by atoms with E-state index in [1.54, 1.807) is 19.5 Å². The molecule has 0 saturated heterocycles. The maximum absolute atomic E-state index is 13.0. The third-order valence-corrected chi connectivity index (χ3v) is 5.98. The van der Waals surface area contributed by atoms with Gasteiger partial charge in [-0.1, -0.05) is 30.3 Å². The maximum atomic E-state index is 13.0. The van der Waals surface area contributed by atoms with Gasteiger partial charge in [-0.05, 0) is 49.7 Å². The van der Waals surface area contributed by atoms with E-state index in [1.807, 2.05) is 74.5 Å². The summed E-state index contributed by atoms with van der Waals surface area (Å²) in [5, 5.41) is 6.77. The van der Waals surface area contributed by atoms with E-state index in [-0.39, 0.29) is 13.0 Å². The molecule has 0 radical (unpaired) electrons. The predicted molar refractivity (Wildman–Crippen MR) is 143 cm³/mol. The van der Waals surface area contributed by atoms with E-state index in [9.17, 15) is 9.59 Å². The van der Waals surface area contributed by atoms with Gasteiger partial charge < -0.3 is 24.3 Å². The Morgan fingerprint density at radius 3 is 2.58 bits per heavy atom. The van der Waals surface area contributed by atoms with E-state index in [0.717, 1.165) is 34.0 Å². The van der Waals surface area contributed by atoms with Gasteiger partial charge in [-0.3, -0.25) is 4.79 Å². The highest BCUT2D eigenvalue weighted by atomic mass is 16.5. The number of amides is 2. The number of methoxy groups -OCH3 is 1. The van der Waals surface area contributed by atoms with E-state index in [2.05, 4.69) is 30.4 Å². The number of H-pyrrole nitrogens is 1. The van der Waals surface area contributed by atoms with E-state index in [0.29, 0.717) is 5.69 Å². The van der Waals surface area contributed by atoms with Gasteiger partial charge in [0, 0.05) is 41.0 Å². The second-order valence-electron chi connectivity index (χ2n) is 8.63. The minimum atomic E-state index is -0.928. The molecule has 10 heteroatoms. The Hall–Kier alpha value is -4.86. The van der Waals surface area contributed by atoms with E-state index in [1.165, 1.54) is 6.33 Å². The molecule has 2 amide bonds. The van der Waals surface area contributed by atoms with Gasteiger partial charge in [0.25, 0.3) is 5.91 Å². The summed E-state index contributed by atoms with van der Waals surface area (Å²) >= 11 is 0. The molecule has 2 heterocycles. The standard InChI is InChI=1S/C28H30N6O4/c1-19-13-22(20(2)34(19)24-9-11-25(37-3)12-10-24)15-31-33-27(35)26(14-23-16-29-18-30-23)32-28(36)38-17-21-7-5-4-6-8-21/h4-13,15-16,18,26H,14,17H2,1-3H3,(H,29,30)(H,32,36)(H,33,35)/b31-15-/t26-/m0/s1. The van der Waals surface area contributed by atoms with Crippen molar-refractivity contribution in [1.29, 1.82) is 0 Å². The summed E-state index contributed by atoms with van der Waals surface area (Å²) < 4.78 is 12.6. The second kappa shape index (κ2) is 12.4. The molecular formula is C28H30N6O4. The minimum Gasteiger partial charge on any atom is -0.497 e. The van der Waals surface area contributed by atoms with Gasteiger partial charge in [0.05, 0.1) is 19.7 Å². The van der Waals surface area contributed by atoms with Crippen molar-refractivity contribution in [2.75, 3.05) is 7.11 Å². The molecule has 0 spiro atoms. The number of hydrogen-bond donors (Lipinski definition) is 3. The van der Waals surface area contributed by atoms with Gasteiger partial charge in [0.15, 0.2) is 0 Å². The van der Waals surface area contributed by atoms with Crippen LogP contribution in [0.3, 0.4) is 0 Å². The zero-order valence-electron chi connectivity index (χ0n) is 21.5. The number of nitrogens with one attached hydrogen (secondary N) is 3. The van der Waals surface area contributed by atoms with Crippen LogP contribution in [0.5, 0.6) is 5.75 Å². The van der Waals surface area contributed by atoms with Gasteiger partial charge in [-0.2, -0.15) is 5.10 Å².